The first-order valence-corrected chi connectivity index (χ1v) is 12.0. The molecule has 4 rings (SSSR count). The van der Waals surface area contributed by atoms with Gasteiger partial charge in [-0.2, -0.15) is 0 Å². The quantitative estimate of drug-likeness (QED) is 0.226. The van der Waals surface area contributed by atoms with Crippen molar-refractivity contribution >= 4 is 5.69 Å². The van der Waals surface area contributed by atoms with E-state index < -0.39 is 0 Å². The van der Waals surface area contributed by atoms with Gasteiger partial charge in [0.15, 0.2) is 0 Å². The Kier molecular flexibility index (Phi) is 8.84. The lowest BCUT2D eigenvalue weighted by Gasteiger charge is -2.26. The van der Waals surface area contributed by atoms with Crippen LogP contribution in [0.5, 0.6) is 17.2 Å². The Morgan fingerprint density at radius 3 is 1.42 bits per heavy atom. The smallest absolute Gasteiger partial charge is 0.119 e. The molecule has 0 aliphatic rings. The Bertz CT molecular complexity index is 1210. The van der Waals surface area contributed by atoms with Crippen molar-refractivity contribution in [3.05, 3.63) is 119 Å². The van der Waals surface area contributed by atoms with E-state index in [0.717, 1.165) is 47.2 Å². The molecule has 0 aliphatic heterocycles. The molecule has 5 nitrogen and oxygen atoms in total. The Morgan fingerprint density at radius 1 is 0.500 bits per heavy atom. The third kappa shape index (κ3) is 7.03. The number of hydrogen-bond donors (Lipinski definition) is 0. The van der Waals surface area contributed by atoms with Crippen LogP contribution in [0.25, 0.3) is 0 Å². The van der Waals surface area contributed by atoms with Crippen LogP contribution in [0.4, 0.5) is 5.69 Å². The highest BCUT2D eigenvalue weighted by atomic mass is 16.5. The van der Waals surface area contributed by atoms with Gasteiger partial charge in [-0.25, -0.2) is 0 Å². The molecule has 0 heterocycles. The van der Waals surface area contributed by atoms with E-state index in [1.54, 1.807) is 21.3 Å². The standard InChI is InChI=1S/C31H33NO4/c1-33-29-13-5-8-24(17-29)20-32(21-25-9-6-14-30(18-25)34-2)28-12-4-10-26(16-28)22-36-23-27-11-7-15-31(19-27)35-3/h4-19H,20-23H2,1-3H3. The van der Waals surface area contributed by atoms with E-state index in [0.29, 0.717) is 13.2 Å². The maximum absolute atomic E-state index is 6.03. The lowest BCUT2D eigenvalue weighted by atomic mass is 10.1. The van der Waals surface area contributed by atoms with E-state index in [1.807, 2.05) is 48.5 Å². The molecule has 0 fully saturated rings. The number of ether oxygens (including phenoxy) is 4. The second-order valence-corrected chi connectivity index (χ2v) is 8.57. The third-order valence-electron chi connectivity index (χ3n) is 5.96. The predicted octanol–water partition coefficient (Wildman–Crippen LogP) is 6.64. The summed E-state index contributed by atoms with van der Waals surface area (Å²) in [6.45, 7) is 2.53. The van der Waals surface area contributed by atoms with Crippen molar-refractivity contribution < 1.29 is 18.9 Å². The normalized spacial score (nSPS) is 10.6. The summed E-state index contributed by atoms with van der Waals surface area (Å²) in [5.74, 6) is 2.55. The molecule has 0 aliphatic carbocycles. The van der Waals surface area contributed by atoms with Crippen molar-refractivity contribution in [3.63, 3.8) is 0 Å². The van der Waals surface area contributed by atoms with Gasteiger partial charge in [-0.3, -0.25) is 0 Å². The average molecular weight is 484 g/mol. The van der Waals surface area contributed by atoms with Gasteiger partial charge in [0.2, 0.25) is 0 Å². The van der Waals surface area contributed by atoms with Crippen molar-refractivity contribution in [2.24, 2.45) is 0 Å². The second-order valence-electron chi connectivity index (χ2n) is 8.57. The minimum absolute atomic E-state index is 0.525. The molecule has 0 unspecified atom stereocenters. The van der Waals surface area contributed by atoms with Gasteiger partial charge in [0, 0.05) is 18.8 Å². The molecule has 0 amide bonds. The van der Waals surface area contributed by atoms with Gasteiger partial charge < -0.3 is 23.8 Å². The fraction of sp³-hybridized carbons (Fsp3) is 0.226. The van der Waals surface area contributed by atoms with E-state index >= 15 is 0 Å². The molecule has 186 valence electrons. The first kappa shape index (κ1) is 25.1. The largest absolute Gasteiger partial charge is 0.497 e. The molecule has 36 heavy (non-hydrogen) atoms. The SMILES string of the molecule is COc1cccc(COCc2cccc(N(Cc3cccc(OC)c3)Cc3cccc(OC)c3)c2)c1. The molecule has 0 aromatic heterocycles. The first-order valence-electron chi connectivity index (χ1n) is 12.0. The fourth-order valence-electron chi connectivity index (χ4n) is 4.11. The van der Waals surface area contributed by atoms with Crippen LogP contribution < -0.4 is 19.1 Å². The molecule has 0 radical (unpaired) electrons. The van der Waals surface area contributed by atoms with Crippen molar-refractivity contribution in [3.8, 4) is 17.2 Å². The Balaban J connectivity index is 1.52. The number of anilines is 1. The van der Waals surface area contributed by atoms with Crippen molar-refractivity contribution in [2.75, 3.05) is 26.2 Å². The number of hydrogen-bond acceptors (Lipinski definition) is 5. The van der Waals surface area contributed by atoms with Gasteiger partial charge in [0.25, 0.3) is 0 Å². The molecule has 5 heteroatoms. The van der Waals surface area contributed by atoms with Crippen molar-refractivity contribution in [2.45, 2.75) is 26.3 Å². The van der Waals surface area contributed by atoms with Crippen molar-refractivity contribution in [1.82, 2.24) is 0 Å². The van der Waals surface area contributed by atoms with Crippen LogP contribution in [0.1, 0.15) is 22.3 Å². The summed E-state index contributed by atoms with van der Waals surface area (Å²) in [4.78, 5) is 2.36. The Morgan fingerprint density at radius 2 is 0.917 bits per heavy atom. The molecular weight excluding hydrogens is 450 g/mol. The molecule has 0 bridgehead atoms. The second kappa shape index (κ2) is 12.7. The van der Waals surface area contributed by atoms with Crippen LogP contribution in [0.3, 0.4) is 0 Å². The monoisotopic (exact) mass is 483 g/mol. The summed E-state index contributed by atoms with van der Waals surface area (Å²) in [5, 5.41) is 0. The summed E-state index contributed by atoms with van der Waals surface area (Å²) in [7, 11) is 5.07. The summed E-state index contributed by atoms with van der Waals surface area (Å²) < 4.78 is 22.2. The average Bonchev–Trinajstić information content (AvgIpc) is 2.93. The predicted molar refractivity (Wildman–Crippen MR) is 144 cm³/mol. The van der Waals surface area contributed by atoms with Gasteiger partial charge in [0.05, 0.1) is 34.5 Å². The lowest BCUT2D eigenvalue weighted by molar-refractivity contribution is 0.107. The van der Waals surface area contributed by atoms with E-state index in [4.69, 9.17) is 18.9 Å². The lowest BCUT2D eigenvalue weighted by Crippen LogP contribution is -2.22. The van der Waals surface area contributed by atoms with Crippen LogP contribution >= 0.6 is 0 Å². The van der Waals surface area contributed by atoms with E-state index in [9.17, 15) is 0 Å². The zero-order valence-corrected chi connectivity index (χ0v) is 21.1. The summed E-state index contributed by atoms with van der Waals surface area (Å²) >= 11 is 0. The first-order chi connectivity index (χ1) is 17.7. The molecule has 0 atom stereocenters. The topological polar surface area (TPSA) is 40.2 Å². The van der Waals surface area contributed by atoms with Crippen LogP contribution in [-0.4, -0.2) is 21.3 Å². The van der Waals surface area contributed by atoms with E-state index in [-0.39, 0.29) is 0 Å². The highest BCUT2D eigenvalue weighted by Crippen LogP contribution is 2.25. The number of rotatable bonds is 12. The zero-order valence-electron chi connectivity index (χ0n) is 21.1. The molecule has 4 aromatic rings. The highest BCUT2D eigenvalue weighted by Gasteiger charge is 2.11. The van der Waals surface area contributed by atoms with Crippen molar-refractivity contribution in [1.29, 1.82) is 0 Å². The zero-order chi connectivity index (χ0) is 25.2. The molecule has 0 saturated heterocycles. The third-order valence-corrected chi connectivity index (χ3v) is 5.96. The number of benzene rings is 4. The van der Waals surface area contributed by atoms with E-state index in [1.165, 1.54) is 11.1 Å². The van der Waals surface area contributed by atoms with Gasteiger partial charge in [-0.05, 0) is 70.8 Å². The molecule has 0 N–H and O–H groups in total. The number of methoxy groups -OCH3 is 3. The minimum Gasteiger partial charge on any atom is -0.497 e. The molecular formula is C31H33NO4. The Hall–Kier alpha value is -3.96. The minimum atomic E-state index is 0.525. The molecule has 4 aromatic carbocycles. The Labute approximate surface area is 213 Å². The molecule has 0 spiro atoms. The summed E-state index contributed by atoms with van der Waals surface area (Å²) in [6.07, 6.45) is 0. The van der Waals surface area contributed by atoms with Gasteiger partial charge in [-0.1, -0.05) is 48.5 Å². The van der Waals surface area contributed by atoms with Crippen LogP contribution in [0, 0.1) is 0 Å². The van der Waals surface area contributed by atoms with Crippen LogP contribution in [0.15, 0.2) is 97.1 Å². The van der Waals surface area contributed by atoms with Gasteiger partial charge in [-0.15, -0.1) is 0 Å². The molecule has 0 saturated carbocycles. The maximum atomic E-state index is 6.03. The summed E-state index contributed by atoms with van der Waals surface area (Å²) in [6, 6.07) is 32.9. The van der Waals surface area contributed by atoms with E-state index in [2.05, 4.69) is 53.4 Å². The maximum Gasteiger partial charge on any atom is 0.119 e. The van der Waals surface area contributed by atoms with Crippen LogP contribution in [-0.2, 0) is 31.0 Å². The highest BCUT2D eigenvalue weighted by molar-refractivity contribution is 5.50. The summed E-state index contributed by atoms with van der Waals surface area (Å²) in [5.41, 5.74) is 5.69. The van der Waals surface area contributed by atoms with Crippen LogP contribution in [0.2, 0.25) is 0 Å². The fourth-order valence-corrected chi connectivity index (χ4v) is 4.11. The van der Waals surface area contributed by atoms with Gasteiger partial charge in [0.1, 0.15) is 17.2 Å². The van der Waals surface area contributed by atoms with Gasteiger partial charge >= 0.3 is 0 Å². The number of nitrogens with zero attached hydrogens (tertiary/aromatic N) is 1.